The Labute approximate surface area is 92.0 Å². The van der Waals surface area contributed by atoms with E-state index in [1.807, 2.05) is 0 Å². The molecule has 82 valence electrons. The number of esters is 1. The zero-order valence-electron chi connectivity index (χ0n) is 8.38. The molecular formula is C10H11ClFNO2. The van der Waals surface area contributed by atoms with Crippen molar-refractivity contribution in [2.24, 2.45) is 5.73 Å². The normalized spacial score (nSPS) is 12.3. The van der Waals surface area contributed by atoms with E-state index in [9.17, 15) is 9.18 Å². The van der Waals surface area contributed by atoms with Gasteiger partial charge in [-0.3, -0.25) is 4.79 Å². The van der Waals surface area contributed by atoms with Gasteiger partial charge in [-0.05, 0) is 18.6 Å². The molecule has 5 heteroatoms. The van der Waals surface area contributed by atoms with E-state index in [0.717, 1.165) is 0 Å². The summed E-state index contributed by atoms with van der Waals surface area (Å²) in [4.78, 5) is 11.2. The molecule has 0 spiro atoms. The van der Waals surface area contributed by atoms with Crippen LogP contribution in [0, 0.1) is 12.7 Å². The van der Waals surface area contributed by atoms with E-state index in [2.05, 4.69) is 4.74 Å². The number of rotatable bonds is 2. The van der Waals surface area contributed by atoms with Gasteiger partial charge in [0, 0.05) is 10.6 Å². The molecule has 1 aromatic rings. The van der Waals surface area contributed by atoms with Crippen LogP contribution in [0.3, 0.4) is 0 Å². The minimum atomic E-state index is -1.19. The van der Waals surface area contributed by atoms with Gasteiger partial charge in [0.05, 0.1) is 7.11 Å². The van der Waals surface area contributed by atoms with Gasteiger partial charge in [0.2, 0.25) is 0 Å². The zero-order valence-corrected chi connectivity index (χ0v) is 9.14. The standard InChI is InChI=1S/C10H11ClFNO2/c1-5-3-4-6(11)7(8(5)12)9(13)10(14)15-2/h3-4,9H,13H2,1-2H3/t9-/m1/s1. The van der Waals surface area contributed by atoms with Gasteiger partial charge in [-0.2, -0.15) is 0 Å². The minimum absolute atomic E-state index is 0.0245. The van der Waals surface area contributed by atoms with Crippen molar-refractivity contribution in [3.8, 4) is 0 Å². The maximum Gasteiger partial charge on any atom is 0.327 e. The minimum Gasteiger partial charge on any atom is -0.468 e. The molecule has 0 saturated heterocycles. The lowest BCUT2D eigenvalue weighted by Crippen LogP contribution is -2.24. The molecule has 1 atom stereocenters. The van der Waals surface area contributed by atoms with Crippen LogP contribution in [-0.4, -0.2) is 13.1 Å². The number of hydrogen-bond donors (Lipinski definition) is 1. The predicted octanol–water partition coefficient (Wildman–Crippen LogP) is 1.96. The Balaban J connectivity index is 3.24. The van der Waals surface area contributed by atoms with Gasteiger partial charge < -0.3 is 10.5 Å². The highest BCUT2D eigenvalue weighted by Crippen LogP contribution is 2.27. The number of ether oxygens (including phenoxy) is 1. The molecular weight excluding hydrogens is 221 g/mol. The molecule has 0 radical (unpaired) electrons. The highest BCUT2D eigenvalue weighted by Gasteiger charge is 2.23. The molecule has 0 aliphatic rings. The lowest BCUT2D eigenvalue weighted by atomic mass is 10.0. The lowest BCUT2D eigenvalue weighted by Gasteiger charge is -2.13. The molecule has 3 nitrogen and oxygen atoms in total. The van der Waals surface area contributed by atoms with Crippen molar-refractivity contribution in [1.82, 2.24) is 0 Å². The number of benzene rings is 1. The average Bonchev–Trinajstić information content (AvgIpc) is 2.22. The number of aryl methyl sites for hydroxylation is 1. The second kappa shape index (κ2) is 4.59. The average molecular weight is 232 g/mol. The van der Waals surface area contributed by atoms with Gasteiger partial charge in [0.15, 0.2) is 0 Å². The highest BCUT2D eigenvalue weighted by molar-refractivity contribution is 6.31. The van der Waals surface area contributed by atoms with E-state index in [0.29, 0.717) is 5.56 Å². The van der Waals surface area contributed by atoms with Crippen molar-refractivity contribution >= 4 is 17.6 Å². The number of nitrogens with two attached hydrogens (primary N) is 1. The van der Waals surface area contributed by atoms with Crippen molar-refractivity contribution in [2.45, 2.75) is 13.0 Å². The van der Waals surface area contributed by atoms with Crippen LogP contribution in [0.5, 0.6) is 0 Å². The van der Waals surface area contributed by atoms with Crippen LogP contribution < -0.4 is 5.73 Å². The van der Waals surface area contributed by atoms with Crippen LogP contribution in [0.1, 0.15) is 17.2 Å². The third-order valence-electron chi connectivity index (χ3n) is 2.09. The van der Waals surface area contributed by atoms with Crippen LogP contribution in [0.4, 0.5) is 4.39 Å². The summed E-state index contributed by atoms with van der Waals surface area (Å²) in [5, 5.41) is 0.121. The van der Waals surface area contributed by atoms with E-state index in [1.54, 1.807) is 6.92 Å². The third kappa shape index (κ3) is 2.27. The van der Waals surface area contributed by atoms with Crippen molar-refractivity contribution in [2.75, 3.05) is 7.11 Å². The molecule has 0 fully saturated rings. The summed E-state index contributed by atoms with van der Waals surface area (Å²) in [5.41, 5.74) is 5.88. The molecule has 1 rings (SSSR count). The van der Waals surface area contributed by atoms with Crippen LogP contribution in [-0.2, 0) is 9.53 Å². The number of methoxy groups -OCH3 is 1. The molecule has 0 unspecified atom stereocenters. The maximum absolute atomic E-state index is 13.6. The second-order valence-electron chi connectivity index (χ2n) is 3.09. The molecule has 1 aromatic carbocycles. The molecule has 0 aliphatic carbocycles. The SMILES string of the molecule is COC(=O)[C@H](N)c1c(Cl)ccc(C)c1F. The van der Waals surface area contributed by atoms with Gasteiger partial charge in [0.25, 0.3) is 0 Å². The number of carbonyl (C=O) groups excluding carboxylic acids is 1. The molecule has 15 heavy (non-hydrogen) atoms. The number of hydrogen-bond acceptors (Lipinski definition) is 3. The Morgan fingerprint density at radius 2 is 2.20 bits per heavy atom. The second-order valence-corrected chi connectivity index (χ2v) is 3.50. The highest BCUT2D eigenvalue weighted by atomic mass is 35.5. The lowest BCUT2D eigenvalue weighted by molar-refractivity contribution is -0.142. The molecule has 2 N–H and O–H groups in total. The van der Waals surface area contributed by atoms with Crippen LogP contribution >= 0.6 is 11.6 Å². The van der Waals surface area contributed by atoms with Crippen molar-refractivity contribution in [3.05, 3.63) is 34.1 Å². The largest absolute Gasteiger partial charge is 0.468 e. The fourth-order valence-corrected chi connectivity index (χ4v) is 1.47. The van der Waals surface area contributed by atoms with Gasteiger partial charge in [-0.15, -0.1) is 0 Å². The third-order valence-corrected chi connectivity index (χ3v) is 2.42. The van der Waals surface area contributed by atoms with E-state index in [4.69, 9.17) is 17.3 Å². The molecule has 0 heterocycles. The molecule has 0 saturated carbocycles. The molecule has 0 aromatic heterocycles. The summed E-state index contributed by atoms with van der Waals surface area (Å²) in [6, 6.07) is 1.82. The van der Waals surface area contributed by atoms with Gasteiger partial charge in [-0.1, -0.05) is 17.7 Å². The Kier molecular flexibility index (Phi) is 3.66. The van der Waals surface area contributed by atoms with Crippen molar-refractivity contribution < 1.29 is 13.9 Å². The Hall–Kier alpha value is -1.13. The molecule has 0 amide bonds. The summed E-state index contributed by atoms with van der Waals surface area (Å²) in [5.74, 6) is -1.29. The Morgan fingerprint density at radius 3 is 2.73 bits per heavy atom. The fourth-order valence-electron chi connectivity index (χ4n) is 1.21. The smallest absolute Gasteiger partial charge is 0.327 e. The fraction of sp³-hybridized carbons (Fsp3) is 0.300. The van der Waals surface area contributed by atoms with Crippen LogP contribution in [0.2, 0.25) is 5.02 Å². The maximum atomic E-state index is 13.6. The Morgan fingerprint density at radius 1 is 1.60 bits per heavy atom. The zero-order chi connectivity index (χ0) is 11.6. The summed E-state index contributed by atoms with van der Waals surface area (Å²) in [7, 11) is 1.18. The van der Waals surface area contributed by atoms with E-state index < -0.39 is 17.8 Å². The van der Waals surface area contributed by atoms with Crippen LogP contribution in [0.15, 0.2) is 12.1 Å². The van der Waals surface area contributed by atoms with E-state index in [1.165, 1.54) is 19.2 Å². The molecule has 0 bridgehead atoms. The van der Waals surface area contributed by atoms with Crippen molar-refractivity contribution in [3.63, 3.8) is 0 Å². The predicted molar refractivity (Wildman–Crippen MR) is 55.1 cm³/mol. The quantitative estimate of drug-likeness (QED) is 0.792. The van der Waals surface area contributed by atoms with E-state index >= 15 is 0 Å². The topological polar surface area (TPSA) is 52.3 Å². The van der Waals surface area contributed by atoms with Gasteiger partial charge >= 0.3 is 5.97 Å². The Bertz CT molecular complexity index is 395. The first-order valence-electron chi connectivity index (χ1n) is 4.27. The summed E-state index contributed by atoms with van der Waals surface area (Å²) in [6.45, 7) is 1.57. The summed E-state index contributed by atoms with van der Waals surface area (Å²) < 4.78 is 18.1. The molecule has 0 aliphatic heterocycles. The van der Waals surface area contributed by atoms with Crippen LogP contribution in [0.25, 0.3) is 0 Å². The van der Waals surface area contributed by atoms with Crippen molar-refractivity contribution in [1.29, 1.82) is 0 Å². The first-order valence-corrected chi connectivity index (χ1v) is 4.64. The first kappa shape index (κ1) is 11.9. The van der Waals surface area contributed by atoms with E-state index in [-0.39, 0.29) is 10.6 Å². The number of halogens is 2. The monoisotopic (exact) mass is 231 g/mol. The first-order chi connectivity index (χ1) is 6.99. The summed E-state index contributed by atoms with van der Waals surface area (Å²) >= 11 is 5.77. The van der Waals surface area contributed by atoms with Gasteiger partial charge in [-0.25, -0.2) is 4.39 Å². The summed E-state index contributed by atoms with van der Waals surface area (Å²) in [6.07, 6.45) is 0. The van der Waals surface area contributed by atoms with Gasteiger partial charge in [0.1, 0.15) is 11.9 Å². The number of carbonyl (C=O) groups is 1.